The molecule has 2 aromatic carbocycles. The van der Waals surface area contributed by atoms with Crippen LogP contribution in [-0.4, -0.2) is 24.1 Å². The van der Waals surface area contributed by atoms with Crippen LogP contribution in [0.15, 0.2) is 60.0 Å². The van der Waals surface area contributed by atoms with Gasteiger partial charge in [-0.1, -0.05) is 30.3 Å². The molecule has 1 atom stereocenters. The number of anilines is 1. The Kier molecular flexibility index (Phi) is 4.79. The van der Waals surface area contributed by atoms with E-state index in [1.807, 2.05) is 24.3 Å². The van der Waals surface area contributed by atoms with Crippen LogP contribution in [0.25, 0.3) is 0 Å². The highest BCUT2D eigenvalue weighted by molar-refractivity contribution is 5.95. The van der Waals surface area contributed by atoms with Crippen LogP contribution in [0.3, 0.4) is 0 Å². The van der Waals surface area contributed by atoms with Crippen molar-refractivity contribution in [3.8, 4) is 5.75 Å². The van der Waals surface area contributed by atoms with Gasteiger partial charge in [-0.3, -0.25) is 10.1 Å². The van der Waals surface area contributed by atoms with Crippen molar-refractivity contribution in [1.29, 1.82) is 0 Å². The summed E-state index contributed by atoms with van der Waals surface area (Å²) < 4.78 is 4.64. The number of hydrogen-bond acceptors (Lipinski definition) is 6. The Labute approximate surface area is 150 Å². The Bertz CT molecular complexity index is 875. The fourth-order valence-corrected chi connectivity index (χ4v) is 2.81. The van der Waals surface area contributed by atoms with Gasteiger partial charge in [-0.2, -0.15) is 0 Å². The maximum Gasteiger partial charge on any atom is 0.412 e. The maximum atomic E-state index is 12.2. The van der Waals surface area contributed by atoms with Crippen LogP contribution in [0.1, 0.15) is 24.1 Å². The van der Waals surface area contributed by atoms with Gasteiger partial charge in [-0.15, -0.1) is 0 Å². The van der Waals surface area contributed by atoms with Gasteiger partial charge in [0.2, 0.25) is 0 Å². The zero-order valence-corrected chi connectivity index (χ0v) is 14.4. The van der Waals surface area contributed by atoms with Crippen LogP contribution in [0.5, 0.6) is 5.75 Å². The normalized spacial score (nSPS) is 15.8. The van der Waals surface area contributed by atoms with Gasteiger partial charge >= 0.3 is 6.09 Å². The van der Waals surface area contributed by atoms with E-state index in [0.29, 0.717) is 0 Å². The van der Waals surface area contributed by atoms with E-state index < -0.39 is 6.09 Å². The largest absolute Gasteiger partial charge is 0.508 e. The summed E-state index contributed by atoms with van der Waals surface area (Å²) in [6.45, 7) is 1.41. The molecule has 2 aromatic rings. The first-order chi connectivity index (χ1) is 12.5. The molecule has 7 nitrogen and oxygen atoms in total. The van der Waals surface area contributed by atoms with E-state index >= 15 is 0 Å². The van der Waals surface area contributed by atoms with Gasteiger partial charge in [-0.25, -0.2) is 4.79 Å². The molecule has 0 saturated heterocycles. The van der Waals surface area contributed by atoms with Crippen molar-refractivity contribution in [3.63, 3.8) is 0 Å². The number of allylic oxidation sites excluding steroid dienone is 1. The first-order valence-electron chi connectivity index (χ1n) is 8.01. The number of rotatable bonds is 3. The molecular weight excluding hydrogens is 334 g/mol. The second kappa shape index (κ2) is 7.18. The molecule has 0 aliphatic carbocycles. The highest BCUT2D eigenvalue weighted by Gasteiger charge is 2.27. The van der Waals surface area contributed by atoms with Crippen molar-refractivity contribution in [2.24, 2.45) is 0 Å². The minimum atomic E-state index is -0.686. The van der Waals surface area contributed by atoms with E-state index in [9.17, 15) is 14.7 Å². The van der Waals surface area contributed by atoms with E-state index in [2.05, 4.69) is 20.7 Å². The maximum absolute atomic E-state index is 12.2. The second-order valence-corrected chi connectivity index (χ2v) is 5.80. The number of ketones is 1. The molecule has 0 spiro atoms. The van der Waals surface area contributed by atoms with Gasteiger partial charge in [0.1, 0.15) is 17.3 Å². The molecule has 4 N–H and O–H groups in total. The van der Waals surface area contributed by atoms with Crippen LogP contribution >= 0.6 is 0 Å². The lowest BCUT2D eigenvalue weighted by Crippen LogP contribution is -2.33. The number of phenols is 1. The van der Waals surface area contributed by atoms with Gasteiger partial charge in [-0.05, 0) is 23.8 Å². The number of methoxy groups -OCH3 is 1. The third-order valence-corrected chi connectivity index (χ3v) is 4.06. The summed E-state index contributed by atoms with van der Waals surface area (Å²) in [5.41, 5.74) is 2.71. The summed E-state index contributed by atoms with van der Waals surface area (Å²) in [5, 5.41) is 18.4. The average molecular weight is 353 g/mol. The number of alkyl carbamates (subject to hydrolysis) is 1. The quantitative estimate of drug-likeness (QED) is 0.677. The number of nitrogens with one attached hydrogen (secondary N) is 3. The van der Waals surface area contributed by atoms with Gasteiger partial charge in [0, 0.05) is 18.2 Å². The molecule has 1 aliphatic rings. The Morgan fingerprint density at radius 1 is 1.12 bits per heavy atom. The number of ether oxygens (including phenoxy) is 1. The lowest BCUT2D eigenvalue weighted by Gasteiger charge is -2.21. The lowest BCUT2D eigenvalue weighted by molar-refractivity contribution is -0.114. The van der Waals surface area contributed by atoms with Gasteiger partial charge < -0.3 is 20.5 Å². The van der Waals surface area contributed by atoms with Gasteiger partial charge in [0.05, 0.1) is 13.2 Å². The molecule has 7 heteroatoms. The predicted octanol–water partition coefficient (Wildman–Crippen LogP) is 2.61. The summed E-state index contributed by atoms with van der Waals surface area (Å²) in [6, 6.07) is 13.9. The van der Waals surface area contributed by atoms with Crippen LogP contribution < -0.4 is 16.0 Å². The van der Waals surface area contributed by atoms with Crippen molar-refractivity contribution in [1.82, 2.24) is 10.6 Å². The Hall–Kier alpha value is -3.48. The average Bonchev–Trinajstić information content (AvgIpc) is 2.79. The third kappa shape index (κ3) is 3.46. The van der Waals surface area contributed by atoms with Gasteiger partial charge in [0.25, 0.3) is 0 Å². The smallest absolute Gasteiger partial charge is 0.412 e. The summed E-state index contributed by atoms with van der Waals surface area (Å²) in [6.07, 6.45) is -0.686. The fourth-order valence-electron chi connectivity index (χ4n) is 2.81. The van der Waals surface area contributed by atoms with Crippen LogP contribution in [-0.2, 0) is 9.53 Å². The number of carbonyl (C=O) groups excluding carboxylic acids is 2. The minimum absolute atomic E-state index is 0.157. The molecule has 1 heterocycles. The van der Waals surface area contributed by atoms with E-state index in [0.717, 1.165) is 16.8 Å². The molecule has 0 saturated carbocycles. The van der Waals surface area contributed by atoms with E-state index in [1.54, 1.807) is 24.3 Å². The van der Waals surface area contributed by atoms with Crippen molar-refractivity contribution in [3.05, 3.63) is 71.2 Å². The first-order valence-corrected chi connectivity index (χ1v) is 8.01. The van der Waals surface area contributed by atoms with Crippen LogP contribution in [0.4, 0.5) is 10.5 Å². The van der Waals surface area contributed by atoms with Gasteiger partial charge in [0.15, 0.2) is 5.78 Å². The Balaban J connectivity index is 2.12. The SMILES string of the molecule is COC(=O)NC1=C(C(C)=O)NC(c2ccc(O)cc2)c2ccccc2N1. The molecule has 26 heavy (non-hydrogen) atoms. The van der Waals surface area contributed by atoms with Crippen molar-refractivity contribution in [2.45, 2.75) is 13.0 Å². The molecule has 0 aromatic heterocycles. The summed E-state index contributed by atoms with van der Waals surface area (Å²) in [4.78, 5) is 23.9. The fraction of sp³-hybridized carbons (Fsp3) is 0.158. The third-order valence-electron chi connectivity index (χ3n) is 4.06. The molecule has 1 unspecified atom stereocenters. The topological polar surface area (TPSA) is 99.7 Å². The number of amides is 1. The van der Waals surface area contributed by atoms with E-state index in [-0.39, 0.29) is 29.1 Å². The summed E-state index contributed by atoms with van der Waals surface area (Å²) in [5.74, 6) is 0.128. The zero-order chi connectivity index (χ0) is 18.7. The highest BCUT2D eigenvalue weighted by atomic mass is 16.5. The van der Waals surface area contributed by atoms with Crippen molar-refractivity contribution < 1.29 is 19.4 Å². The minimum Gasteiger partial charge on any atom is -0.508 e. The molecule has 1 amide bonds. The first kappa shape index (κ1) is 17.3. The molecule has 134 valence electrons. The van der Waals surface area contributed by atoms with E-state index in [4.69, 9.17) is 0 Å². The number of fused-ring (bicyclic) bond motifs is 1. The number of Topliss-reactive ketones (excluding diaryl/α,β-unsaturated/α-hetero) is 1. The molecule has 1 aliphatic heterocycles. The standard InChI is InChI=1S/C19H19N3O4/c1-11(23)16-18(22-19(25)26-2)20-15-6-4-3-5-14(15)17(21-16)12-7-9-13(24)10-8-12/h3-10,17,20-21,24H,1-2H3,(H,22,25). The van der Waals surface area contributed by atoms with E-state index in [1.165, 1.54) is 14.0 Å². The zero-order valence-electron chi connectivity index (χ0n) is 14.4. The summed E-state index contributed by atoms with van der Waals surface area (Å²) in [7, 11) is 1.25. The number of carbonyl (C=O) groups is 2. The number of benzene rings is 2. The Morgan fingerprint density at radius 2 is 1.81 bits per heavy atom. The molecule has 0 fully saturated rings. The second-order valence-electron chi connectivity index (χ2n) is 5.80. The number of hydrogen-bond donors (Lipinski definition) is 4. The van der Waals surface area contributed by atoms with Crippen molar-refractivity contribution in [2.75, 3.05) is 12.4 Å². The molecule has 0 radical (unpaired) electrons. The number of aromatic hydroxyl groups is 1. The molecule has 0 bridgehead atoms. The van der Waals surface area contributed by atoms with Crippen LogP contribution in [0, 0.1) is 0 Å². The number of para-hydroxylation sites is 1. The van der Waals surface area contributed by atoms with Crippen molar-refractivity contribution >= 4 is 17.6 Å². The van der Waals surface area contributed by atoms with Crippen LogP contribution in [0.2, 0.25) is 0 Å². The monoisotopic (exact) mass is 353 g/mol. The highest BCUT2D eigenvalue weighted by Crippen LogP contribution is 2.33. The molecular formula is C19H19N3O4. The summed E-state index contributed by atoms with van der Waals surface area (Å²) >= 11 is 0. The number of phenolic OH excluding ortho intramolecular Hbond substituents is 1. The Morgan fingerprint density at radius 3 is 2.46 bits per heavy atom. The lowest BCUT2D eigenvalue weighted by atomic mass is 9.97. The molecule has 3 rings (SSSR count). The predicted molar refractivity (Wildman–Crippen MR) is 96.4 cm³/mol.